The Hall–Kier alpha value is -2.04. The third-order valence-corrected chi connectivity index (χ3v) is 5.08. The summed E-state index contributed by atoms with van der Waals surface area (Å²) in [5.74, 6) is 0. The smallest absolute Gasteiger partial charge is 0.0674 e. The SMILES string of the molecule is Clc1ccccc1Cn1cc(CN2CCCC2c2ccc[nH]2)cn1. The van der Waals surface area contributed by atoms with Gasteiger partial charge in [0.05, 0.1) is 18.8 Å². The van der Waals surface area contributed by atoms with Gasteiger partial charge in [-0.25, -0.2) is 0 Å². The standard InChI is InChI=1S/C19H21ClN4/c20-17-6-2-1-5-16(17)14-24-13-15(11-22-24)12-23-10-4-8-19(23)18-7-3-9-21-18/h1-3,5-7,9,11,13,19,21H,4,8,10,12,14H2. The molecule has 5 heteroatoms. The molecule has 1 aliphatic heterocycles. The van der Waals surface area contributed by atoms with Crippen LogP contribution in [0, 0.1) is 0 Å². The summed E-state index contributed by atoms with van der Waals surface area (Å²) >= 11 is 6.24. The van der Waals surface area contributed by atoms with E-state index < -0.39 is 0 Å². The Labute approximate surface area is 147 Å². The molecule has 24 heavy (non-hydrogen) atoms. The van der Waals surface area contributed by atoms with E-state index in [9.17, 15) is 0 Å². The van der Waals surface area contributed by atoms with Crippen molar-refractivity contribution in [2.45, 2.75) is 32.0 Å². The van der Waals surface area contributed by atoms with Crippen LogP contribution in [0.2, 0.25) is 5.02 Å². The first-order valence-corrected chi connectivity index (χ1v) is 8.79. The Bertz CT molecular complexity index is 793. The van der Waals surface area contributed by atoms with Crippen LogP contribution in [0.5, 0.6) is 0 Å². The van der Waals surface area contributed by atoms with Gasteiger partial charge in [0.1, 0.15) is 0 Å². The molecule has 124 valence electrons. The second-order valence-corrected chi connectivity index (χ2v) is 6.80. The van der Waals surface area contributed by atoms with Crippen LogP contribution in [-0.2, 0) is 13.1 Å². The van der Waals surface area contributed by atoms with Gasteiger partial charge in [0.15, 0.2) is 0 Å². The van der Waals surface area contributed by atoms with Gasteiger partial charge in [0, 0.05) is 35.2 Å². The van der Waals surface area contributed by atoms with E-state index >= 15 is 0 Å². The van der Waals surface area contributed by atoms with Gasteiger partial charge >= 0.3 is 0 Å². The summed E-state index contributed by atoms with van der Waals surface area (Å²) in [5, 5.41) is 5.30. The van der Waals surface area contributed by atoms with Crippen molar-refractivity contribution >= 4 is 11.6 Å². The molecule has 1 fully saturated rings. The molecule has 0 saturated carbocycles. The first kappa shape index (κ1) is 15.5. The van der Waals surface area contributed by atoms with Crippen molar-refractivity contribution in [2.75, 3.05) is 6.54 Å². The van der Waals surface area contributed by atoms with Crippen molar-refractivity contribution in [1.29, 1.82) is 0 Å². The monoisotopic (exact) mass is 340 g/mol. The van der Waals surface area contributed by atoms with Gasteiger partial charge < -0.3 is 4.98 Å². The summed E-state index contributed by atoms with van der Waals surface area (Å²) in [6, 6.07) is 12.7. The van der Waals surface area contributed by atoms with E-state index in [-0.39, 0.29) is 0 Å². The Morgan fingerprint density at radius 2 is 2.08 bits per heavy atom. The number of aromatic nitrogens is 3. The molecule has 4 nitrogen and oxygen atoms in total. The van der Waals surface area contributed by atoms with Crippen molar-refractivity contribution < 1.29 is 0 Å². The number of H-pyrrole nitrogens is 1. The number of aromatic amines is 1. The van der Waals surface area contributed by atoms with Crippen LogP contribution in [0.3, 0.4) is 0 Å². The average Bonchev–Trinajstić information content (AvgIpc) is 3.32. The van der Waals surface area contributed by atoms with Crippen LogP contribution in [0.1, 0.15) is 35.7 Å². The van der Waals surface area contributed by atoms with E-state index in [4.69, 9.17) is 11.6 Å². The molecular formula is C19H21ClN4. The highest BCUT2D eigenvalue weighted by Gasteiger charge is 2.26. The van der Waals surface area contributed by atoms with Gasteiger partial charge in [-0.1, -0.05) is 29.8 Å². The van der Waals surface area contributed by atoms with E-state index in [1.807, 2.05) is 41.3 Å². The first-order valence-electron chi connectivity index (χ1n) is 8.42. The topological polar surface area (TPSA) is 36.9 Å². The second-order valence-electron chi connectivity index (χ2n) is 6.39. The molecular weight excluding hydrogens is 320 g/mol. The Morgan fingerprint density at radius 3 is 2.92 bits per heavy atom. The lowest BCUT2D eigenvalue weighted by molar-refractivity contribution is 0.245. The largest absolute Gasteiger partial charge is 0.364 e. The summed E-state index contributed by atoms with van der Waals surface area (Å²) < 4.78 is 1.97. The number of likely N-dealkylation sites (tertiary alicyclic amines) is 1. The highest BCUT2D eigenvalue weighted by atomic mass is 35.5. The molecule has 0 radical (unpaired) electrons. The van der Waals surface area contributed by atoms with Crippen molar-refractivity contribution in [1.82, 2.24) is 19.7 Å². The number of nitrogens with one attached hydrogen (secondary N) is 1. The summed E-state index contributed by atoms with van der Waals surface area (Å²) in [6.07, 6.45) is 8.58. The van der Waals surface area contributed by atoms with Crippen molar-refractivity contribution in [3.05, 3.63) is 76.8 Å². The fourth-order valence-electron chi connectivity index (χ4n) is 3.53. The summed E-state index contributed by atoms with van der Waals surface area (Å²) in [7, 11) is 0. The molecule has 0 spiro atoms. The normalized spacial score (nSPS) is 18.3. The van der Waals surface area contributed by atoms with E-state index in [1.54, 1.807) is 0 Å². The first-order chi connectivity index (χ1) is 11.8. The van der Waals surface area contributed by atoms with Crippen molar-refractivity contribution in [3.8, 4) is 0 Å². The van der Waals surface area contributed by atoms with Gasteiger partial charge in [0.25, 0.3) is 0 Å². The highest BCUT2D eigenvalue weighted by molar-refractivity contribution is 6.31. The molecule has 1 atom stereocenters. The van der Waals surface area contributed by atoms with Gasteiger partial charge in [-0.05, 0) is 43.1 Å². The molecule has 3 heterocycles. The summed E-state index contributed by atoms with van der Waals surface area (Å²) in [5.41, 5.74) is 3.66. The number of hydrogen-bond donors (Lipinski definition) is 1. The molecule has 1 unspecified atom stereocenters. The minimum Gasteiger partial charge on any atom is -0.364 e. The van der Waals surface area contributed by atoms with Gasteiger partial charge in [-0.15, -0.1) is 0 Å². The molecule has 0 aliphatic carbocycles. The predicted molar refractivity (Wildman–Crippen MR) is 96.0 cm³/mol. The number of nitrogens with zero attached hydrogens (tertiary/aromatic N) is 3. The molecule has 1 aliphatic rings. The molecule has 0 bridgehead atoms. The van der Waals surface area contributed by atoms with Crippen LogP contribution in [0.4, 0.5) is 0 Å². The maximum atomic E-state index is 6.24. The van der Waals surface area contributed by atoms with Crippen LogP contribution in [0.15, 0.2) is 55.0 Å². The molecule has 1 aromatic carbocycles. The minimum atomic E-state index is 0.493. The van der Waals surface area contributed by atoms with Gasteiger partial charge in [-0.3, -0.25) is 9.58 Å². The lowest BCUT2D eigenvalue weighted by Gasteiger charge is -2.22. The number of rotatable bonds is 5. The fraction of sp³-hybridized carbons (Fsp3) is 0.316. The molecule has 2 aromatic heterocycles. The lowest BCUT2D eigenvalue weighted by atomic mass is 10.1. The summed E-state index contributed by atoms with van der Waals surface area (Å²) in [4.78, 5) is 5.89. The maximum absolute atomic E-state index is 6.24. The Morgan fingerprint density at radius 1 is 1.17 bits per heavy atom. The van der Waals surface area contributed by atoms with E-state index in [1.165, 1.54) is 24.1 Å². The van der Waals surface area contributed by atoms with Gasteiger partial charge in [0.2, 0.25) is 0 Å². The maximum Gasteiger partial charge on any atom is 0.0674 e. The number of benzene rings is 1. The van der Waals surface area contributed by atoms with Crippen LogP contribution < -0.4 is 0 Å². The van der Waals surface area contributed by atoms with E-state index in [0.29, 0.717) is 12.6 Å². The van der Waals surface area contributed by atoms with Gasteiger partial charge in [-0.2, -0.15) is 5.10 Å². The van der Waals surface area contributed by atoms with E-state index in [0.717, 1.165) is 23.7 Å². The van der Waals surface area contributed by atoms with Crippen LogP contribution in [-0.4, -0.2) is 26.2 Å². The van der Waals surface area contributed by atoms with Crippen LogP contribution >= 0.6 is 11.6 Å². The van der Waals surface area contributed by atoms with E-state index in [2.05, 4.69) is 33.3 Å². The lowest BCUT2D eigenvalue weighted by Crippen LogP contribution is -2.22. The minimum absolute atomic E-state index is 0.493. The average molecular weight is 341 g/mol. The second kappa shape index (κ2) is 6.83. The molecule has 4 rings (SSSR count). The third kappa shape index (κ3) is 3.25. The Balaban J connectivity index is 1.44. The molecule has 1 N–H and O–H groups in total. The quantitative estimate of drug-likeness (QED) is 0.753. The molecule has 0 amide bonds. The zero-order chi connectivity index (χ0) is 16.4. The van der Waals surface area contributed by atoms with Crippen molar-refractivity contribution in [3.63, 3.8) is 0 Å². The number of halogens is 1. The Kier molecular flexibility index (Phi) is 4.41. The van der Waals surface area contributed by atoms with Crippen molar-refractivity contribution in [2.24, 2.45) is 0 Å². The summed E-state index contributed by atoms with van der Waals surface area (Å²) in [6.45, 7) is 2.78. The van der Waals surface area contributed by atoms with Crippen LogP contribution in [0.25, 0.3) is 0 Å². The predicted octanol–water partition coefficient (Wildman–Crippen LogP) is 4.25. The third-order valence-electron chi connectivity index (χ3n) is 4.71. The zero-order valence-corrected chi connectivity index (χ0v) is 14.3. The molecule has 3 aromatic rings. The fourth-order valence-corrected chi connectivity index (χ4v) is 3.72. The molecule has 1 saturated heterocycles. The zero-order valence-electron chi connectivity index (χ0n) is 13.5. The number of hydrogen-bond acceptors (Lipinski definition) is 2. The highest BCUT2D eigenvalue weighted by Crippen LogP contribution is 2.32.